The summed E-state index contributed by atoms with van der Waals surface area (Å²) in [4.78, 5) is 6.62. The second kappa shape index (κ2) is 9.01. The predicted octanol–water partition coefficient (Wildman–Crippen LogP) is 5.22. The lowest BCUT2D eigenvalue weighted by atomic mass is 9.88. The van der Waals surface area contributed by atoms with Crippen molar-refractivity contribution in [3.8, 4) is 5.75 Å². The molecule has 4 rings (SSSR count). The van der Waals surface area contributed by atoms with Crippen LogP contribution in [0.4, 0.5) is 4.39 Å². The standard InChI is InChI=1S/C21H27FN2O.ClH/c22-20-12-18-14-23-9-6-17(18)13-21(20)25-19-7-10-24(11-8-19)15-16-4-2-1-3-5-16;/h6,9,12-14,16,19H,1-5,7-8,10-11,15H2;1H. The van der Waals surface area contributed by atoms with Crippen molar-refractivity contribution in [2.75, 3.05) is 19.6 Å². The molecule has 5 heteroatoms. The van der Waals surface area contributed by atoms with Gasteiger partial charge in [0.15, 0.2) is 11.6 Å². The van der Waals surface area contributed by atoms with Gasteiger partial charge in [0.2, 0.25) is 0 Å². The van der Waals surface area contributed by atoms with Gasteiger partial charge in [0.25, 0.3) is 0 Å². The second-order valence-electron chi connectivity index (χ2n) is 7.63. The summed E-state index contributed by atoms with van der Waals surface area (Å²) in [5, 5.41) is 1.79. The lowest BCUT2D eigenvalue weighted by molar-refractivity contribution is 0.0838. The first-order valence-electron chi connectivity index (χ1n) is 9.70. The highest BCUT2D eigenvalue weighted by atomic mass is 35.5. The highest BCUT2D eigenvalue weighted by molar-refractivity contribution is 5.85. The number of benzene rings is 1. The Hall–Kier alpha value is -1.39. The molecular formula is C21H28ClFN2O. The van der Waals surface area contributed by atoms with Crippen LogP contribution in [0.3, 0.4) is 0 Å². The largest absolute Gasteiger partial charge is 0.487 e. The van der Waals surface area contributed by atoms with Gasteiger partial charge in [-0.25, -0.2) is 4.39 Å². The third-order valence-corrected chi connectivity index (χ3v) is 5.76. The van der Waals surface area contributed by atoms with Crippen molar-refractivity contribution in [2.45, 2.75) is 51.0 Å². The van der Waals surface area contributed by atoms with Crippen molar-refractivity contribution in [3.63, 3.8) is 0 Å². The number of pyridine rings is 1. The molecule has 0 amide bonds. The Morgan fingerprint density at radius 2 is 1.81 bits per heavy atom. The smallest absolute Gasteiger partial charge is 0.165 e. The van der Waals surface area contributed by atoms with Gasteiger partial charge in [-0.05, 0) is 55.2 Å². The molecule has 0 N–H and O–H groups in total. The minimum Gasteiger partial charge on any atom is -0.487 e. The summed E-state index contributed by atoms with van der Waals surface area (Å²) in [5.41, 5.74) is 0. The molecule has 3 nitrogen and oxygen atoms in total. The van der Waals surface area contributed by atoms with E-state index in [2.05, 4.69) is 9.88 Å². The first-order chi connectivity index (χ1) is 12.3. The number of ether oxygens (including phenoxy) is 1. The van der Waals surface area contributed by atoms with Crippen molar-refractivity contribution < 1.29 is 9.13 Å². The van der Waals surface area contributed by atoms with E-state index in [-0.39, 0.29) is 24.3 Å². The number of hydrogen-bond acceptors (Lipinski definition) is 3. The highest BCUT2D eigenvalue weighted by Crippen LogP contribution is 2.28. The normalized spacial score (nSPS) is 20.0. The quantitative estimate of drug-likeness (QED) is 0.729. The molecule has 0 bridgehead atoms. The molecule has 2 heterocycles. The van der Waals surface area contributed by atoms with Crippen LogP contribution >= 0.6 is 12.4 Å². The lowest BCUT2D eigenvalue weighted by Crippen LogP contribution is -2.41. The van der Waals surface area contributed by atoms with Crippen molar-refractivity contribution in [1.29, 1.82) is 0 Å². The average Bonchev–Trinajstić information content (AvgIpc) is 2.65. The van der Waals surface area contributed by atoms with Gasteiger partial charge in [-0.3, -0.25) is 4.98 Å². The fourth-order valence-electron chi connectivity index (χ4n) is 4.30. The van der Waals surface area contributed by atoms with E-state index in [1.165, 1.54) is 44.7 Å². The van der Waals surface area contributed by atoms with Crippen LogP contribution in [0.1, 0.15) is 44.9 Å². The Labute approximate surface area is 161 Å². The molecule has 1 aromatic carbocycles. The Morgan fingerprint density at radius 1 is 1.04 bits per heavy atom. The average molecular weight is 379 g/mol. The molecule has 0 unspecified atom stereocenters. The number of aromatic nitrogens is 1. The van der Waals surface area contributed by atoms with Crippen LogP contribution in [0.2, 0.25) is 0 Å². The summed E-state index contributed by atoms with van der Waals surface area (Å²) in [6, 6.07) is 5.23. The number of hydrogen-bond donors (Lipinski definition) is 0. The molecule has 2 fully saturated rings. The van der Waals surface area contributed by atoms with E-state index in [1.807, 2.05) is 6.07 Å². The molecule has 1 saturated heterocycles. The van der Waals surface area contributed by atoms with Gasteiger partial charge in [-0.2, -0.15) is 0 Å². The molecule has 142 valence electrons. The Balaban J connectivity index is 0.00000196. The maximum Gasteiger partial charge on any atom is 0.165 e. The second-order valence-corrected chi connectivity index (χ2v) is 7.63. The monoisotopic (exact) mass is 378 g/mol. The lowest BCUT2D eigenvalue weighted by Gasteiger charge is -2.35. The highest BCUT2D eigenvalue weighted by Gasteiger charge is 2.24. The number of piperidine rings is 1. The van der Waals surface area contributed by atoms with Gasteiger partial charge in [-0.1, -0.05) is 19.3 Å². The topological polar surface area (TPSA) is 25.4 Å². The predicted molar refractivity (Wildman–Crippen MR) is 106 cm³/mol. The van der Waals surface area contributed by atoms with Crippen molar-refractivity contribution >= 4 is 23.2 Å². The van der Waals surface area contributed by atoms with Crippen molar-refractivity contribution in [3.05, 3.63) is 36.4 Å². The van der Waals surface area contributed by atoms with Crippen molar-refractivity contribution in [2.24, 2.45) is 5.92 Å². The van der Waals surface area contributed by atoms with Crippen LogP contribution in [-0.4, -0.2) is 35.6 Å². The van der Waals surface area contributed by atoms with E-state index in [0.717, 1.165) is 42.6 Å². The van der Waals surface area contributed by atoms with Crippen LogP contribution in [0, 0.1) is 11.7 Å². The number of halogens is 2. The third-order valence-electron chi connectivity index (χ3n) is 5.76. The Bertz CT molecular complexity index is 712. The summed E-state index contributed by atoms with van der Waals surface area (Å²) in [5.74, 6) is 0.979. The molecule has 2 aliphatic rings. The van der Waals surface area contributed by atoms with Crippen molar-refractivity contribution in [1.82, 2.24) is 9.88 Å². The van der Waals surface area contributed by atoms with Gasteiger partial charge < -0.3 is 9.64 Å². The number of nitrogens with zero attached hydrogens (tertiary/aromatic N) is 2. The van der Waals surface area contributed by atoms with Gasteiger partial charge in [0.1, 0.15) is 6.10 Å². The zero-order valence-electron chi connectivity index (χ0n) is 15.2. The van der Waals surface area contributed by atoms with Crippen LogP contribution in [0.25, 0.3) is 10.8 Å². The molecule has 0 spiro atoms. The van der Waals surface area contributed by atoms with E-state index in [4.69, 9.17) is 4.74 Å². The number of fused-ring (bicyclic) bond motifs is 1. The first-order valence-corrected chi connectivity index (χ1v) is 9.70. The van der Waals surface area contributed by atoms with Gasteiger partial charge in [0, 0.05) is 37.4 Å². The molecule has 26 heavy (non-hydrogen) atoms. The third kappa shape index (κ3) is 4.66. The molecule has 2 aromatic rings. The maximum atomic E-state index is 14.3. The van der Waals surface area contributed by atoms with Crippen LogP contribution in [-0.2, 0) is 0 Å². The van der Waals surface area contributed by atoms with E-state index < -0.39 is 0 Å². The molecule has 0 radical (unpaired) electrons. The van der Waals surface area contributed by atoms with E-state index in [1.54, 1.807) is 18.5 Å². The summed E-state index contributed by atoms with van der Waals surface area (Å²) in [7, 11) is 0. The first kappa shape index (κ1) is 19.4. The van der Waals surface area contributed by atoms with E-state index in [0.29, 0.717) is 5.75 Å². The minimum absolute atomic E-state index is 0. The van der Waals surface area contributed by atoms with E-state index >= 15 is 0 Å². The number of likely N-dealkylation sites (tertiary alicyclic amines) is 1. The zero-order valence-corrected chi connectivity index (χ0v) is 16.0. The minimum atomic E-state index is -0.287. The van der Waals surface area contributed by atoms with E-state index in [9.17, 15) is 4.39 Å². The Morgan fingerprint density at radius 3 is 2.58 bits per heavy atom. The summed E-state index contributed by atoms with van der Waals surface area (Å²) in [6.45, 7) is 3.38. The SMILES string of the molecule is Cl.Fc1cc2cnccc2cc1OC1CCN(CC2CCCCC2)CC1. The molecule has 1 aromatic heterocycles. The molecule has 0 atom stereocenters. The van der Waals surface area contributed by atoms with Crippen LogP contribution in [0.15, 0.2) is 30.6 Å². The molecule has 1 aliphatic carbocycles. The summed E-state index contributed by atoms with van der Waals surface area (Å²) >= 11 is 0. The molecule has 1 saturated carbocycles. The molecule has 1 aliphatic heterocycles. The fraction of sp³-hybridized carbons (Fsp3) is 0.571. The Kier molecular flexibility index (Phi) is 6.71. The van der Waals surface area contributed by atoms with Gasteiger partial charge >= 0.3 is 0 Å². The van der Waals surface area contributed by atoms with Gasteiger partial charge in [-0.15, -0.1) is 12.4 Å². The molecular weight excluding hydrogens is 351 g/mol. The summed E-state index contributed by atoms with van der Waals surface area (Å²) in [6.07, 6.45) is 12.5. The zero-order chi connectivity index (χ0) is 17.1. The van der Waals surface area contributed by atoms with Crippen LogP contribution in [0.5, 0.6) is 5.75 Å². The van der Waals surface area contributed by atoms with Crippen LogP contribution < -0.4 is 4.74 Å². The fourth-order valence-corrected chi connectivity index (χ4v) is 4.30. The maximum absolute atomic E-state index is 14.3. The van der Waals surface area contributed by atoms with Gasteiger partial charge in [0.05, 0.1) is 0 Å². The summed E-state index contributed by atoms with van der Waals surface area (Å²) < 4.78 is 20.3. The number of rotatable bonds is 4.